The summed E-state index contributed by atoms with van der Waals surface area (Å²) in [5, 5.41) is 8.90. The molecule has 1 aromatic carbocycles. The van der Waals surface area contributed by atoms with E-state index in [4.69, 9.17) is 10.00 Å². The van der Waals surface area contributed by atoms with E-state index in [1.54, 1.807) is 12.1 Å². The summed E-state index contributed by atoms with van der Waals surface area (Å²) in [4.78, 5) is 2.17. The zero-order chi connectivity index (χ0) is 11.4. The van der Waals surface area contributed by atoms with Gasteiger partial charge in [0.15, 0.2) is 0 Å². The molecule has 0 unspecified atom stereocenters. The molecule has 1 heterocycles. The third-order valence-electron chi connectivity index (χ3n) is 2.71. The Bertz CT molecular complexity index is 408. The van der Waals surface area contributed by atoms with Crippen molar-refractivity contribution in [3.8, 4) is 6.07 Å². The average molecular weight is 220 g/mol. The lowest BCUT2D eigenvalue weighted by Gasteiger charge is -2.26. The second-order valence-electron chi connectivity index (χ2n) is 3.77. The number of hydrogen-bond acceptors (Lipinski definition) is 3. The smallest absolute Gasteiger partial charge is 0.141 e. The molecule has 1 aliphatic rings. The molecule has 84 valence electrons. The Morgan fingerprint density at radius 1 is 1.38 bits per heavy atom. The number of benzene rings is 1. The van der Waals surface area contributed by atoms with E-state index in [-0.39, 0.29) is 5.56 Å². The van der Waals surface area contributed by atoms with Crippen LogP contribution in [0.25, 0.3) is 0 Å². The molecule has 0 aliphatic carbocycles. The molecule has 0 amide bonds. The number of nitriles is 1. The molecule has 1 aromatic rings. The molecule has 0 saturated carbocycles. The lowest BCUT2D eigenvalue weighted by Crippen LogP contribution is -2.35. The van der Waals surface area contributed by atoms with Crippen molar-refractivity contribution in [1.82, 2.24) is 4.90 Å². The van der Waals surface area contributed by atoms with E-state index < -0.39 is 5.82 Å². The predicted molar refractivity (Wildman–Crippen MR) is 57.2 cm³/mol. The quantitative estimate of drug-likeness (QED) is 0.758. The van der Waals surface area contributed by atoms with Gasteiger partial charge < -0.3 is 4.74 Å². The summed E-state index contributed by atoms with van der Waals surface area (Å²) >= 11 is 0. The standard InChI is InChI=1S/C12H13FN2O/c13-12-3-1-2-10(11(12)8-14)9-15-4-6-16-7-5-15/h1-3H,4-7,9H2. The van der Waals surface area contributed by atoms with Crippen molar-refractivity contribution < 1.29 is 9.13 Å². The van der Waals surface area contributed by atoms with Gasteiger partial charge in [-0.25, -0.2) is 4.39 Å². The summed E-state index contributed by atoms with van der Waals surface area (Å²) in [5.41, 5.74) is 0.915. The Kier molecular flexibility index (Phi) is 3.50. The van der Waals surface area contributed by atoms with Crippen LogP contribution in [0.15, 0.2) is 18.2 Å². The van der Waals surface area contributed by atoms with Crippen LogP contribution in [0.5, 0.6) is 0 Å². The van der Waals surface area contributed by atoms with Gasteiger partial charge in [-0.1, -0.05) is 12.1 Å². The number of nitrogens with zero attached hydrogens (tertiary/aromatic N) is 2. The largest absolute Gasteiger partial charge is 0.379 e. The van der Waals surface area contributed by atoms with Gasteiger partial charge >= 0.3 is 0 Å². The van der Waals surface area contributed by atoms with E-state index in [1.807, 2.05) is 6.07 Å². The van der Waals surface area contributed by atoms with Gasteiger partial charge in [0.05, 0.1) is 18.8 Å². The summed E-state index contributed by atoms with van der Waals surface area (Å²) in [6.45, 7) is 3.70. The molecule has 0 radical (unpaired) electrons. The van der Waals surface area contributed by atoms with E-state index in [9.17, 15) is 4.39 Å². The van der Waals surface area contributed by atoms with Crippen LogP contribution < -0.4 is 0 Å². The minimum absolute atomic E-state index is 0.161. The fourth-order valence-corrected chi connectivity index (χ4v) is 1.83. The molecule has 1 saturated heterocycles. The summed E-state index contributed by atoms with van der Waals surface area (Å²) in [6.07, 6.45) is 0. The van der Waals surface area contributed by atoms with Crippen LogP contribution in [0.3, 0.4) is 0 Å². The number of rotatable bonds is 2. The third-order valence-corrected chi connectivity index (χ3v) is 2.71. The number of ether oxygens (including phenoxy) is 1. The van der Waals surface area contributed by atoms with Crippen molar-refractivity contribution in [2.75, 3.05) is 26.3 Å². The maximum absolute atomic E-state index is 13.3. The zero-order valence-corrected chi connectivity index (χ0v) is 8.95. The molecule has 0 bridgehead atoms. The normalized spacial score (nSPS) is 17.0. The summed E-state index contributed by atoms with van der Waals surface area (Å²) in [5.74, 6) is -0.437. The SMILES string of the molecule is N#Cc1c(F)cccc1CN1CCOCC1. The first-order chi connectivity index (χ1) is 7.81. The first kappa shape index (κ1) is 11.1. The Hall–Kier alpha value is -1.44. The predicted octanol–water partition coefficient (Wildman–Crippen LogP) is 1.53. The van der Waals surface area contributed by atoms with Gasteiger partial charge in [-0.3, -0.25) is 4.90 Å². The van der Waals surface area contributed by atoms with E-state index in [2.05, 4.69) is 4.90 Å². The van der Waals surface area contributed by atoms with Crippen molar-refractivity contribution in [3.63, 3.8) is 0 Å². The van der Waals surface area contributed by atoms with Crippen LogP contribution in [-0.2, 0) is 11.3 Å². The van der Waals surface area contributed by atoms with Gasteiger partial charge in [0.25, 0.3) is 0 Å². The summed E-state index contributed by atoms with van der Waals surface area (Å²) in [6, 6.07) is 6.69. The van der Waals surface area contributed by atoms with E-state index in [0.717, 1.165) is 18.7 Å². The highest BCUT2D eigenvalue weighted by atomic mass is 19.1. The molecule has 4 heteroatoms. The summed E-state index contributed by atoms with van der Waals surface area (Å²) in [7, 11) is 0. The highest BCUT2D eigenvalue weighted by Crippen LogP contribution is 2.15. The van der Waals surface area contributed by atoms with Crippen LogP contribution in [0, 0.1) is 17.1 Å². The second-order valence-corrected chi connectivity index (χ2v) is 3.77. The molecule has 16 heavy (non-hydrogen) atoms. The molecule has 0 aromatic heterocycles. The Morgan fingerprint density at radius 3 is 2.81 bits per heavy atom. The minimum Gasteiger partial charge on any atom is -0.379 e. The topological polar surface area (TPSA) is 36.3 Å². The number of halogens is 1. The molecule has 1 fully saturated rings. The Morgan fingerprint density at radius 2 is 2.12 bits per heavy atom. The molecule has 2 rings (SSSR count). The van der Waals surface area contributed by atoms with Crippen molar-refractivity contribution in [2.45, 2.75) is 6.54 Å². The maximum Gasteiger partial charge on any atom is 0.141 e. The fourth-order valence-electron chi connectivity index (χ4n) is 1.83. The average Bonchev–Trinajstić information content (AvgIpc) is 2.31. The van der Waals surface area contributed by atoms with Crippen molar-refractivity contribution in [3.05, 3.63) is 35.1 Å². The fraction of sp³-hybridized carbons (Fsp3) is 0.417. The second kappa shape index (κ2) is 5.06. The summed E-state index contributed by atoms with van der Waals surface area (Å²) < 4.78 is 18.6. The van der Waals surface area contributed by atoms with Gasteiger partial charge in [0, 0.05) is 19.6 Å². The molecule has 3 nitrogen and oxygen atoms in total. The molecule has 0 spiro atoms. The van der Waals surface area contributed by atoms with Gasteiger partial charge in [-0.15, -0.1) is 0 Å². The van der Waals surface area contributed by atoms with Gasteiger partial charge in [-0.05, 0) is 11.6 Å². The van der Waals surface area contributed by atoms with Crippen LogP contribution in [0.2, 0.25) is 0 Å². The van der Waals surface area contributed by atoms with E-state index >= 15 is 0 Å². The van der Waals surface area contributed by atoms with Crippen LogP contribution >= 0.6 is 0 Å². The van der Waals surface area contributed by atoms with Gasteiger partial charge in [0.2, 0.25) is 0 Å². The monoisotopic (exact) mass is 220 g/mol. The molecule has 0 atom stereocenters. The molecular weight excluding hydrogens is 207 g/mol. The molecular formula is C12H13FN2O. The minimum atomic E-state index is -0.437. The van der Waals surface area contributed by atoms with Crippen molar-refractivity contribution in [1.29, 1.82) is 5.26 Å². The van der Waals surface area contributed by atoms with Crippen LogP contribution in [0.4, 0.5) is 4.39 Å². The number of hydrogen-bond donors (Lipinski definition) is 0. The number of morpholine rings is 1. The third kappa shape index (κ3) is 2.38. The van der Waals surface area contributed by atoms with Crippen molar-refractivity contribution >= 4 is 0 Å². The highest BCUT2D eigenvalue weighted by Gasteiger charge is 2.14. The Labute approximate surface area is 94.0 Å². The molecule has 1 aliphatic heterocycles. The lowest BCUT2D eigenvalue weighted by atomic mass is 10.1. The first-order valence-electron chi connectivity index (χ1n) is 5.29. The zero-order valence-electron chi connectivity index (χ0n) is 8.95. The Balaban J connectivity index is 2.14. The van der Waals surface area contributed by atoms with Crippen molar-refractivity contribution in [2.24, 2.45) is 0 Å². The van der Waals surface area contributed by atoms with Gasteiger partial charge in [-0.2, -0.15) is 5.26 Å². The van der Waals surface area contributed by atoms with Crippen LogP contribution in [0.1, 0.15) is 11.1 Å². The maximum atomic E-state index is 13.3. The highest BCUT2D eigenvalue weighted by molar-refractivity contribution is 5.38. The van der Waals surface area contributed by atoms with E-state index in [0.29, 0.717) is 19.8 Å². The lowest BCUT2D eigenvalue weighted by molar-refractivity contribution is 0.0341. The van der Waals surface area contributed by atoms with Gasteiger partial charge in [0.1, 0.15) is 11.9 Å². The molecule has 0 N–H and O–H groups in total. The van der Waals surface area contributed by atoms with Crippen LogP contribution in [-0.4, -0.2) is 31.2 Å². The van der Waals surface area contributed by atoms with E-state index in [1.165, 1.54) is 6.07 Å². The first-order valence-corrected chi connectivity index (χ1v) is 5.29.